The molecule has 0 aliphatic rings. The van der Waals surface area contributed by atoms with Gasteiger partial charge in [-0.2, -0.15) is 0 Å². The molecule has 3 rings (SSSR count). The van der Waals surface area contributed by atoms with Crippen molar-refractivity contribution >= 4 is 17.2 Å². The number of pyridine rings is 1. The second-order valence-corrected chi connectivity index (χ2v) is 5.97. The van der Waals surface area contributed by atoms with Crippen molar-refractivity contribution in [3.63, 3.8) is 0 Å². The predicted molar refractivity (Wildman–Crippen MR) is 87.8 cm³/mol. The molecule has 21 heavy (non-hydrogen) atoms. The van der Waals surface area contributed by atoms with Gasteiger partial charge in [0.1, 0.15) is 0 Å². The molecular weight excluding hydrogens is 282 g/mol. The highest BCUT2D eigenvalue weighted by Crippen LogP contribution is 2.28. The molecule has 0 amide bonds. The maximum Gasteiger partial charge on any atom is 0.156 e. The monoisotopic (exact) mass is 299 g/mol. The van der Waals surface area contributed by atoms with Crippen molar-refractivity contribution in [2.45, 2.75) is 13.5 Å². The Morgan fingerprint density at radius 1 is 1.14 bits per heavy atom. The minimum atomic E-state index is 0.677. The van der Waals surface area contributed by atoms with Gasteiger partial charge in [-0.1, -0.05) is 41.4 Å². The first-order chi connectivity index (χ1) is 10.1. The Hall–Kier alpha value is -1.84. The molecular formula is C17H18ClN3. The highest BCUT2D eigenvalue weighted by Gasteiger charge is 2.16. The van der Waals surface area contributed by atoms with Gasteiger partial charge in [0, 0.05) is 18.3 Å². The van der Waals surface area contributed by atoms with E-state index < -0.39 is 0 Å². The Bertz CT molecular complexity index is 773. The van der Waals surface area contributed by atoms with E-state index in [1.165, 1.54) is 5.56 Å². The van der Waals surface area contributed by atoms with E-state index in [1.54, 1.807) is 0 Å². The van der Waals surface area contributed by atoms with Crippen LogP contribution in [0.5, 0.6) is 0 Å². The molecule has 0 spiro atoms. The lowest BCUT2D eigenvalue weighted by Gasteiger charge is -2.11. The van der Waals surface area contributed by atoms with Crippen molar-refractivity contribution in [2.75, 3.05) is 14.1 Å². The molecule has 0 saturated carbocycles. The van der Waals surface area contributed by atoms with E-state index in [-0.39, 0.29) is 0 Å². The molecule has 2 aromatic heterocycles. The van der Waals surface area contributed by atoms with E-state index in [0.29, 0.717) is 5.02 Å². The smallest absolute Gasteiger partial charge is 0.156 e. The summed E-state index contributed by atoms with van der Waals surface area (Å²) in [6.45, 7) is 2.90. The van der Waals surface area contributed by atoms with Crippen LogP contribution in [0.2, 0.25) is 5.02 Å². The molecule has 1 aromatic carbocycles. The lowest BCUT2D eigenvalue weighted by atomic mass is 10.1. The number of imidazole rings is 1. The summed E-state index contributed by atoms with van der Waals surface area (Å²) < 4.78 is 2.08. The predicted octanol–water partition coefficient (Wildman–Crippen LogP) is 4.02. The first-order valence-corrected chi connectivity index (χ1v) is 7.31. The SMILES string of the molecule is Cc1ccc(-c2nc3c(Cl)cccn3c2CN(C)C)cc1. The summed E-state index contributed by atoms with van der Waals surface area (Å²) in [4.78, 5) is 6.91. The molecule has 0 N–H and O–H groups in total. The highest BCUT2D eigenvalue weighted by atomic mass is 35.5. The second kappa shape index (κ2) is 5.51. The zero-order chi connectivity index (χ0) is 15.0. The summed E-state index contributed by atoms with van der Waals surface area (Å²) in [5, 5.41) is 0.677. The van der Waals surface area contributed by atoms with Gasteiger partial charge in [-0.25, -0.2) is 4.98 Å². The van der Waals surface area contributed by atoms with Gasteiger partial charge in [0.2, 0.25) is 0 Å². The number of fused-ring (bicyclic) bond motifs is 1. The van der Waals surface area contributed by atoms with Crippen LogP contribution in [-0.2, 0) is 6.54 Å². The largest absolute Gasteiger partial charge is 0.304 e. The number of hydrogen-bond acceptors (Lipinski definition) is 2. The van der Waals surface area contributed by atoms with E-state index in [0.717, 1.165) is 29.1 Å². The molecule has 4 heteroatoms. The van der Waals surface area contributed by atoms with Crippen LogP contribution in [0.1, 0.15) is 11.3 Å². The summed E-state index contributed by atoms with van der Waals surface area (Å²) in [7, 11) is 4.12. The fourth-order valence-electron chi connectivity index (χ4n) is 2.48. The minimum Gasteiger partial charge on any atom is -0.304 e. The number of nitrogens with zero attached hydrogens (tertiary/aromatic N) is 3. The van der Waals surface area contributed by atoms with Gasteiger partial charge in [-0.3, -0.25) is 0 Å². The normalized spacial score (nSPS) is 11.5. The Kier molecular flexibility index (Phi) is 3.70. The average molecular weight is 300 g/mol. The van der Waals surface area contributed by atoms with E-state index in [4.69, 9.17) is 16.6 Å². The van der Waals surface area contributed by atoms with Crippen LogP contribution in [0.4, 0.5) is 0 Å². The summed E-state index contributed by atoms with van der Waals surface area (Å²) in [5.74, 6) is 0. The molecule has 0 atom stereocenters. The topological polar surface area (TPSA) is 20.5 Å². The Morgan fingerprint density at radius 2 is 1.86 bits per heavy atom. The second-order valence-electron chi connectivity index (χ2n) is 5.56. The van der Waals surface area contributed by atoms with Crippen LogP contribution in [0.15, 0.2) is 42.6 Å². The Labute approximate surface area is 129 Å². The zero-order valence-electron chi connectivity index (χ0n) is 12.5. The van der Waals surface area contributed by atoms with Crippen molar-refractivity contribution in [3.05, 3.63) is 58.9 Å². The number of aromatic nitrogens is 2. The van der Waals surface area contributed by atoms with Crippen LogP contribution < -0.4 is 0 Å². The summed E-state index contributed by atoms with van der Waals surface area (Å²) in [6.07, 6.45) is 2.02. The van der Waals surface area contributed by atoms with E-state index >= 15 is 0 Å². The standard InChI is InChI=1S/C17H18ClN3/c1-12-6-8-13(9-7-12)16-15(11-20(2)3)21-10-4-5-14(18)17(21)19-16/h4-10H,11H2,1-3H3. The number of rotatable bonds is 3. The van der Waals surface area contributed by atoms with Crippen molar-refractivity contribution in [1.82, 2.24) is 14.3 Å². The number of halogens is 1. The Balaban J connectivity index is 2.25. The first kappa shape index (κ1) is 14.1. The highest BCUT2D eigenvalue weighted by molar-refractivity contribution is 6.33. The third-order valence-corrected chi connectivity index (χ3v) is 3.79. The molecule has 3 nitrogen and oxygen atoms in total. The molecule has 0 aliphatic heterocycles. The number of benzene rings is 1. The molecule has 3 aromatic rings. The van der Waals surface area contributed by atoms with Crippen LogP contribution in [-0.4, -0.2) is 28.4 Å². The lowest BCUT2D eigenvalue weighted by molar-refractivity contribution is 0.396. The number of hydrogen-bond donors (Lipinski definition) is 0. The van der Waals surface area contributed by atoms with Gasteiger partial charge < -0.3 is 9.30 Å². The van der Waals surface area contributed by atoms with Crippen molar-refractivity contribution < 1.29 is 0 Å². The minimum absolute atomic E-state index is 0.677. The molecule has 0 saturated heterocycles. The van der Waals surface area contributed by atoms with Gasteiger partial charge >= 0.3 is 0 Å². The Morgan fingerprint density at radius 3 is 2.52 bits per heavy atom. The van der Waals surface area contributed by atoms with Gasteiger partial charge in [0.15, 0.2) is 5.65 Å². The van der Waals surface area contributed by atoms with Gasteiger partial charge in [-0.15, -0.1) is 0 Å². The molecule has 0 radical (unpaired) electrons. The van der Waals surface area contributed by atoms with Crippen LogP contribution >= 0.6 is 11.6 Å². The third-order valence-electron chi connectivity index (χ3n) is 3.49. The molecule has 0 aliphatic carbocycles. The molecule has 0 unspecified atom stereocenters. The first-order valence-electron chi connectivity index (χ1n) is 6.93. The van der Waals surface area contributed by atoms with Crippen molar-refractivity contribution in [2.24, 2.45) is 0 Å². The summed E-state index contributed by atoms with van der Waals surface area (Å²) in [6, 6.07) is 12.3. The fourth-order valence-corrected chi connectivity index (χ4v) is 2.68. The van der Waals surface area contributed by atoms with Gasteiger partial charge in [-0.05, 0) is 33.2 Å². The van der Waals surface area contributed by atoms with E-state index in [1.807, 2.05) is 18.3 Å². The summed E-state index contributed by atoms with van der Waals surface area (Å²) in [5.41, 5.74) is 5.33. The van der Waals surface area contributed by atoms with E-state index in [9.17, 15) is 0 Å². The maximum atomic E-state index is 6.29. The van der Waals surface area contributed by atoms with Crippen LogP contribution in [0, 0.1) is 6.92 Å². The maximum absolute atomic E-state index is 6.29. The van der Waals surface area contributed by atoms with Gasteiger partial charge in [0.05, 0.1) is 16.4 Å². The molecule has 108 valence electrons. The fraction of sp³-hybridized carbons (Fsp3) is 0.235. The van der Waals surface area contributed by atoms with Gasteiger partial charge in [0.25, 0.3) is 0 Å². The van der Waals surface area contributed by atoms with Crippen LogP contribution in [0.3, 0.4) is 0 Å². The van der Waals surface area contributed by atoms with Crippen molar-refractivity contribution in [1.29, 1.82) is 0 Å². The zero-order valence-corrected chi connectivity index (χ0v) is 13.2. The molecule has 0 fully saturated rings. The number of aryl methyl sites for hydroxylation is 1. The third kappa shape index (κ3) is 2.67. The molecule has 2 heterocycles. The average Bonchev–Trinajstić information content (AvgIpc) is 2.80. The summed E-state index contributed by atoms with van der Waals surface area (Å²) >= 11 is 6.29. The lowest BCUT2D eigenvalue weighted by Crippen LogP contribution is -2.13. The molecule has 0 bridgehead atoms. The quantitative estimate of drug-likeness (QED) is 0.728. The van der Waals surface area contributed by atoms with Crippen molar-refractivity contribution in [3.8, 4) is 11.3 Å². The van der Waals surface area contributed by atoms with Crippen LogP contribution in [0.25, 0.3) is 16.9 Å². The van der Waals surface area contributed by atoms with E-state index in [2.05, 4.69) is 54.6 Å².